The third-order valence-electron chi connectivity index (χ3n) is 4.27. The van der Waals surface area contributed by atoms with E-state index in [2.05, 4.69) is 48.5 Å². The van der Waals surface area contributed by atoms with Crippen LogP contribution in [-0.2, 0) is 0 Å². The Morgan fingerprint density at radius 2 is 2.30 bits per heavy atom. The van der Waals surface area contributed by atoms with Crippen molar-refractivity contribution in [2.45, 2.75) is 46.6 Å². The number of carbonyl (C=O) groups is 1. The van der Waals surface area contributed by atoms with Crippen LogP contribution in [0.4, 0.5) is 0 Å². The molecular weight excluding hydrogens is 256 g/mol. The molecule has 2 heterocycles. The predicted molar refractivity (Wildman–Crippen MR) is 75.2 cm³/mol. The molecule has 1 aliphatic rings. The van der Waals surface area contributed by atoms with Crippen LogP contribution >= 0.6 is 0 Å². The standard InChI is InChI=1S/C14H24N4O2/c1-9(2)14(3,4)8-16-12(19)11-17-13(20-18-11)10-6-5-7-15-10/h9-10,15H,5-8H2,1-4H3,(H,16,19). The maximum atomic E-state index is 12.0. The quantitative estimate of drug-likeness (QED) is 0.861. The lowest BCUT2D eigenvalue weighted by atomic mass is 9.81. The molecule has 2 N–H and O–H groups in total. The zero-order valence-corrected chi connectivity index (χ0v) is 12.7. The molecule has 0 aromatic carbocycles. The first-order chi connectivity index (χ1) is 9.40. The van der Waals surface area contributed by atoms with Gasteiger partial charge in [-0.05, 0) is 30.7 Å². The highest BCUT2D eigenvalue weighted by Crippen LogP contribution is 2.25. The van der Waals surface area contributed by atoms with Crippen LogP contribution in [0.2, 0.25) is 0 Å². The molecule has 0 saturated carbocycles. The zero-order valence-electron chi connectivity index (χ0n) is 12.7. The Kier molecular flexibility index (Phi) is 4.42. The number of aromatic nitrogens is 2. The minimum Gasteiger partial charge on any atom is -0.349 e. The average Bonchev–Trinajstić information content (AvgIpc) is 3.05. The van der Waals surface area contributed by atoms with Crippen LogP contribution in [0.25, 0.3) is 0 Å². The van der Waals surface area contributed by atoms with Crippen molar-refractivity contribution in [3.63, 3.8) is 0 Å². The van der Waals surface area contributed by atoms with E-state index in [1.807, 2.05) is 0 Å². The normalized spacial score (nSPS) is 19.6. The number of nitrogens with one attached hydrogen (secondary N) is 2. The highest BCUT2D eigenvalue weighted by Gasteiger charge is 2.26. The van der Waals surface area contributed by atoms with Crippen molar-refractivity contribution in [1.82, 2.24) is 20.8 Å². The Balaban J connectivity index is 1.93. The summed E-state index contributed by atoms with van der Waals surface area (Å²) in [6.07, 6.45) is 2.07. The molecule has 2 rings (SSSR count). The van der Waals surface area contributed by atoms with E-state index in [9.17, 15) is 4.79 Å². The van der Waals surface area contributed by atoms with E-state index in [4.69, 9.17) is 4.52 Å². The first-order valence-corrected chi connectivity index (χ1v) is 7.25. The molecule has 1 unspecified atom stereocenters. The molecule has 1 aromatic heterocycles. The summed E-state index contributed by atoms with van der Waals surface area (Å²) >= 11 is 0. The minimum atomic E-state index is -0.272. The number of amides is 1. The molecule has 1 aliphatic heterocycles. The van der Waals surface area contributed by atoms with Gasteiger partial charge in [0.05, 0.1) is 6.04 Å². The van der Waals surface area contributed by atoms with Crippen molar-refractivity contribution >= 4 is 5.91 Å². The van der Waals surface area contributed by atoms with E-state index in [0.717, 1.165) is 19.4 Å². The lowest BCUT2D eigenvalue weighted by Gasteiger charge is -2.29. The Hall–Kier alpha value is -1.43. The molecule has 0 bridgehead atoms. The molecule has 0 spiro atoms. The molecule has 1 atom stereocenters. The Morgan fingerprint density at radius 3 is 2.90 bits per heavy atom. The van der Waals surface area contributed by atoms with Crippen LogP contribution in [0.5, 0.6) is 0 Å². The summed E-state index contributed by atoms with van der Waals surface area (Å²) in [7, 11) is 0. The minimum absolute atomic E-state index is 0.0369. The molecule has 6 heteroatoms. The fourth-order valence-electron chi connectivity index (χ4n) is 1.96. The van der Waals surface area contributed by atoms with Crippen LogP contribution in [0.15, 0.2) is 4.52 Å². The topological polar surface area (TPSA) is 80.0 Å². The summed E-state index contributed by atoms with van der Waals surface area (Å²) in [5.41, 5.74) is 0.0369. The van der Waals surface area contributed by atoms with Gasteiger partial charge in [0.2, 0.25) is 5.89 Å². The van der Waals surface area contributed by atoms with Gasteiger partial charge < -0.3 is 15.2 Å². The molecule has 1 saturated heterocycles. The van der Waals surface area contributed by atoms with Crippen LogP contribution in [0.3, 0.4) is 0 Å². The fourth-order valence-corrected chi connectivity index (χ4v) is 1.96. The van der Waals surface area contributed by atoms with E-state index < -0.39 is 0 Å². The molecular formula is C14H24N4O2. The summed E-state index contributed by atoms with van der Waals surface area (Å²) in [6, 6.07) is 0.0937. The van der Waals surface area contributed by atoms with Crippen molar-refractivity contribution in [3.8, 4) is 0 Å². The second-order valence-electron chi connectivity index (χ2n) is 6.43. The third kappa shape index (κ3) is 3.36. The molecule has 1 amide bonds. The van der Waals surface area contributed by atoms with Crippen LogP contribution in [0, 0.1) is 11.3 Å². The second-order valence-corrected chi connectivity index (χ2v) is 6.43. The second kappa shape index (κ2) is 5.91. The third-order valence-corrected chi connectivity index (χ3v) is 4.27. The summed E-state index contributed by atoms with van der Waals surface area (Å²) in [5, 5.41) is 9.92. The van der Waals surface area contributed by atoms with Gasteiger partial charge in [-0.25, -0.2) is 0 Å². The van der Waals surface area contributed by atoms with Crippen molar-refractivity contribution in [2.75, 3.05) is 13.1 Å². The van der Waals surface area contributed by atoms with E-state index in [1.54, 1.807) is 0 Å². The summed E-state index contributed by atoms with van der Waals surface area (Å²) in [5.74, 6) is 0.835. The molecule has 1 aromatic rings. The van der Waals surface area contributed by atoms with Gasteiger partial charge in [-0.15, -0.1) is 0 Å². The Bertz CT molecular complexity index is 461. The molecule has 1 fully saturated rings. The zero-order chi connectivity index (χ0) is 14.8. The first kappa shape index (κ1) is 15.0. The average molecular weight is 280 g/mol. The van der Waals surface area contributed by atoms with Crippen LogP contribution in [-0.4, -0.2) is 29.1 Å². The largest absolute Gasteiger partial charge is 0.349 e. The van der Waals surface area contributed by atoms with E-state index in [0.29, 0.717) is 18.4 Å². The molecule has 0 aliphatic carbocycles. The van der Waals surface area contributed by atoms with Gasteiger partial charge in [0.25, 0.3) is 11.7 Å². The Labute approximate surface area is 119 Å². The number of hydrogen-bond acceptors (Lipinski definition) is 5. The van der Waals surface area contributed by atoms with Crippen molar-refractivity contribution in [2.24, 2.45) is 11.3 Å². The van der Waals surface area contributed by atoms with Crippen LogP contribution in [0.1, 0.15) is 63.1 Å². The van der Waals surface area contributed by atoms with Gasteiger partial charge in [0.15, 0.2) is 0 Å². The van der Waals surface area contributed by atoms with Crippen molar-refractivity contribution in [1.29, 1.82) is 0 Å². The molecule has 0 radical (unpaired) electrons. The number of carbonyl (C=O) groups excluding carboxylic acids is 1. The van der Waals surface area contributed by atoms with E-state index in [1.165, 1.54) is 0 Å². The summed E-state index contributed by atoms with van der Waals surface area (Å²) in [4.78, 5) is 16.2. The molecule has 6 nitrogen and oxygen atoms in total. The van der Waals surface area contributed by atoms with Crippen molar-refractivity contribution in [3.05, 3.63) is 11.7 Å². The molecule has 112 valence electrons. The van der Waals surface area contributed by atoms with Gasteiger partial charge >= 0.3 is 0 Å². The van der Waals surface area contributed by atoms with Gasteiger partial charge in [-0.2, -0.15) is 4.98 Å². The highest BCUT2D eigenvalue weighted by molar-refractivity contribution is 5.90. The van der Waals surface area contributed by atoms with Crippen LogP contribution < -0.4 is 10.6 Å². The summed E-state index contributed by atoms with van der Waals surface area (Å²) < 4.78 is 5.16. The lowest BCUT2D eigenvalue weighted by Crippen LogP contribution is -2.37. The van der Waals surface area contributed by atoms with Gasteiger partial charge in [-0.1, -0.05) is 32.9 Å². The number of rotatable bonds is 5. The smallest absolute Gasteiger partial charge is 0.292 e. The van der Waals surface area contributed by atoms with E-state index >= 15 is 0 Å². The maximum absolute atomic E-state index is 12.0. The monoisotopic (exact) mass is 280 g/mol. The maximum Gasteiger partial charge on any atom is 0.292 e. The molecule has 20 heavy (non-hydrogen) atoms. The van der Waals surface area contributed by atoms with Gasteiger partial charge in [0.1, 0.15) is 0 Å². The number of nitrogens with zero attached hydrogens (tertiary/aromatic N) is 2. The van der Waals surface area contributed by atoms with Crippen molar-refractivity contribution < 1.29 is 9.32 Å². The SMILES string of the molecule is CC(C)C(C)(C)CNC(=O)c1noc(C2CCCN2)n1. The predicted octanol–water partition coefficient (Wildman–Crippen LogP) is 1.91. The van der Waals surface area contributed by atoms with Gasteiger partial charge in [-0.3, -0.25) is 4.79 Å². The van der Waals surface area contributed by atoms with Gasteiger partial charge in [0, 0.05) is 6.54 Å². The highest BCUT2D eigenvalue weighted by atomic mass is 16.5. The first-order valence-electron chi connectivity index (χ1n) is 7.25. The Morgan fingerprint density at radius 1 is 1.55 bits per heavy atom. The number of hydrogen-bond donors (Lipinski definition) is 2. The lowest BCUT2D eigenvalue weighted by molar-refractivity contribution is 0.0911. The summed E-state index contributed by atoms with van der Waals surface area (Å²) in [6.45, 7) is 10.1. The van der Waals surface area contributed by atoms with E-state index in [-0.39, 0.29) is 23.2 Å². The fraction of sp³-hybridized carbons (Fsp3) is 0.786.